The van der Waals surface area contributed by atoms with E-state index in [4.69, 9.17) is 15.9 Å². The van der Waals surface area contributed by atoms with Crippen LogP contribution >= 0.6 is 0 Å². The van der Waals surface area contributed by atoms with Gasteiger partial charge in [0.2, 0.25) is 5.91 Å². The van der Waals surface area contributed by atoms with E-state index in [1.807, 2.05) is 0 Å². The molecule has 0 saturated carbocycles. The van der Waals surface area contributed by atoms with Crippen LogP contribution in [0.15, 0.2) is 0 Å². The number of amides is 2. The van der Waals surface area contributed by atoms with Crippen molar-refractivity contribution in [1.82, 2.24) is 0 Å². The molecular weight excluding hydrogens is 180 g/mol. The Morgan fingerprint density at radius 2 is 1.85 bits per heavy atom. The third kappa shape index (κ3) is 2.98. The first-order valence-corrected chi connectivity index (χ1v) is 3.44. The summed E-state index contributed by atoms with van der Waals surface area (Å²) in [6.07, 6.45) is -2.43. The molecule has 2 atom stereocenters. The first-order chi connectivity index (χ1) is 5.83. The van der Waals surface area contributed by atoms with E-state index in [2.05, 4.69) is 5.73 Å². The quantitative estimate of drug-likeness (QED) is 0.305. The molecule has 76 valence electrons. The Morgan fingerprint density at radius 3 is 2.08 bits per heavy atom. The van der Waals surface area contributed by atoms with Gasteiger partial charge in [-0.05, 0) is 0 Å². The lowest BCUT2D eigenvalue weighted by Crippen LogP contribution is -2.51. The zero-order chi connectivity index (χ0) is 10.6. The summed E-state index contributed by atoms with van der Waals surface area (Å²) in [6.45, 7) is -0.979. The van der Waals surface area contributed by atoms with E-state index in [9.17, 15) is 14.7 Å². The molecule has 0 fully saturated rings. The lowest BCUT2D eigenvalue weighted by molar-refractivity contribution is -0.147. The number of nitrogens with two attached hydrogens (primary N) is 2. The number of primary amides is 2. The Morgan fingerprint density at radius 1 is 1.38 bits per heavy atom. The van der Waals surface area contributed by atoms with Crippen molar-refractivity contribution >= 4 is 11.8 Å². The van der Waals surface area contributed by atoms with Crippen molar-refractivity contribution in [2.45, 2.75) is 18.1 Å². The van der Waals surface area contributed by atoms with Crippen molar-refractivity contribution in [2.24, 2.45) is 11.5 Å². The molecule has 0 spiro atoms. The Labute approximate surface area is 73.9 Å². The Balaban J connectivity index is 4.45. The van der Waals surface area contributed by atoms with Gasteiger partial charge < -0.3 is 26.8 Å². The summed E-state index contributed by atoms with van der Waals surface area (Å²) in [6, 6.07) is 0. The van der Waals surface area contributed by atoms with Crippen LogP contribution in [0.5, 0.6) is 0 Å². The summed E-state index contributed by atoms with van der Waals surface area (Å²) in [5.74, 6) is -2.33. The number of aliphatic hydroxyl groups is 3. The Hall–Kier alpha value is -1.18. The maximum absolute atomic E-state index is 10.6. The van der Waals surface area contributed by atoms with Gasteiger partial charge in [0.1, 0.15) is 6.10 Å². The fourth-order valence-electron chi connectivity index (χ4n) is 0.664. The van der Waals surface area contributed by atoms with E-state index < -0.39 is 36.5 Å². The monoisotopic (exact) mass is 192 g/mol. The zero-order valence-electron chi connectivity index (χ0n) is 6.80. The molecule has 0 saturated heterocycles. The molecule has 0 aromatic rings. The summed E-state index contributed by atoms with van der Waals surface area (Å²) in [5, 5.41) is 26.7. The summed E-state index contributed by atoms with van der Waals surface area (Å²) in [7, 11) is 0. The van der Waals surface area contributed by atoms with Crippen molar-refractivity contribution < 1.29 is 24.9 Å². The van der Waals surface area contributed by atoms with E-state index in [1.54, 1.807) is 0 Å². The number of hydrogen-bond acceptors (Lipinski definition) is 5. The number of aliphatic hydroxyl groups excluding tert-OH is 2. The number of carbonyl (C=O) groups excluding carboxylic acids is 2. The molecule has 7 nitrogen and oxygen atoms in total. The molecule has 0 aliphatic heterocycles. The first-order valence-electron chi connectivity index (χ1n) is 3.44. The van der Waals surface area contributed by atoms with Crippen LogP contribution in [-0.4, -0.2) is 45.4 Å². The van der Waals surface area contributed by atoms with Crippen LogP contribution in [0.3, 0.4) is 0 Å². The van der Waals surface area contributed by atoms with Gasteiger partial charge in [0, 0.05) is 6.42 Å². The van der Waals surface area contributed by atoms with Crippen molar-refractivity contribution in [3.8, 4) is 0 Å². The second-order valence-corrected chi connectivity index (χ2v) is 2.68. The molecule has 0 bridgehead atoms. The van der Waals surface area contributed by atoms with Crippen LogP contribution < -0.4 is 11.5 Å². The minimum Gasteiger partial charge on any atom is -0.393 e. The van der Waals surface area contributed by atoms with E-state index in [-0.39, 0.29) is 0 Å². The predicted octanol–water partition coefficient (Wildman–Crippen LogP) is -3.57. The van der Waals surface area contributed by atoms with E-state index in [1.165, 1.54) is 0 Å². The number of rotatable bonds is 5. The van der Waals surface area contributed by atoms with Crippen LogP contribution in [-0.2, 0) is 9.59 Å². The summed E-state index contributed by atoms with van der Waals surface area (Å²) in [5.41, 5.74) is 7.07. The Kier molecular flexibility index (Phi) is 3.79. The molecule has 0 aromatic heterocycles. The van der Waals surface area contributed by atoms with E-state index in [0.717, 1.165) is 0 Å². The van der Waals surface area contributed by atoms with Gasteiger partial charge in [0.15, 0.2) is 5.60 Å². The molecule has 0 rings (SSSR count). The topological polar surface area (TPSA) is 147 Å². The number of hydrogen-bond donors (Lipinski definition) is 5. The fourth-order valence-corrected chi connectivity index (χ4v) is 0.664. The van der Waals surface area contributed by atoms with Gasteiger partial charge in [0.05, 0.1) is 6.61 Å². The van der Waals surface area contributed by atoms with Crippen LogP contribution in [0.4, 0.5) is 0 Å². The van der Waals surface area contributed by atoms with Gasteiger partial charge in [-0.15, -0.1) is 0 Å². The summed E-state index contributed by atoms with van der Waals surface area (Å²) >= 11 is 0. The van der Waals surface area contributed by atoms with Gasteiger partial charge in [-0.1, -0.05) is 0 Å². The largest absolute Gasteiger partial charge is 0.393 e. The maximum Gasteiger partial charge on any atom is 0.251 e. The summed E-state index contributed by atoms with van der Waals surface area (Å²) in [4.78, 5) is 20.9. The minimum absolute atomic E-state index is 0.714. The lowest BCUT2D eigenvalue weighted by Gasteiger charge is -2.23. The van der Waals surface area contributed by atoms with Crippen LogP contribution in [0, 0.1) is 0 Å². The fraction of sp³-hybridized carbons (Fsp3) is 0.667. The first kappa shape index (κ1) is 11.8. The molecule has 0 radical (unpaired) electrons. The molecule has 2 unspecified atom stereocenters. The molecule has 0 aliphatic carbocycles. The van der Waals surface area contributed by atoms with Crippen LogP contribution in [0.1, 0.15) is 6.42 Å². The van der Waals surface area contributed by atoms with Crippen molar-refractivity contribution in [2.75, 3.05) is 6.61 Å². The van der Waals surface area contributed by atoms with Gasteiger partial charge in [-0.3, -0.25) is 9.59 Å². The average Bonchev–Trinajstić information content (AvgIpc) is 2.03. The normalized spacial score (nSPS) is 17.5. The Bertz CT molecular complexity index is 219. The van der Waals surface area contributed by atoms with Crippen molar-refractivity contribution in [1.29, 1.82) is 0 Å². The van der Waals surface area contributed by atoms with Gasteiger partial charge in [-0.2, -0.15) is 0 Å². The van der Waals surface area contributed by atoms with Crippen LogP contribution in [0.2, 0.25) is 0 Å². The summed E-state index contributed by atoms with van der Waals surface area (Å²) < 4.78 is 0. The second kappa shape index (κ2) is 4.17. The molecular formula is C6H12N2O5. The molecule has 13 heavy (non-hydrogen) atoms. The third-order valence-electron chi connectivity index (χ3n) is 1.58. The second-order valence-electron chi connectivity index (χ2n) is 2.68. The molecule has 0 aliphatic rings. The number of carbonyl (C=O) groups is 2. The van der Waals surface area contributed by atoms with Gasteiger partial charge >= 0.3 is 0 Å². The van der Waals surface area contributed by atoms with Crippen molar-refractivity contribution in [3.63, 3.8) is 0 Å². The van der Waals surface area contributed by atoms with Gasteiger partial charge in [-0.25, -0.2) is 0 Å². The lowest BCUT2D eigenvalue weighted by atomic mass is 9.96. The predicted molar refractivity (Wildman–Crippen MR) is 41.0 cm³/mol. The molecule has 0 aromatic carbocycles. The van der Waals surface area contributed by atoms with E-state index in [0.29, 0.717) is 0 Å². The highest BCUT2D eigenvalue weighted by Crippen LogP contribution is 2.11. The van der Waals surface area contributed by atoms with Gasteiger partial charge in [0.25, 0.3) is 5.91 Å². The van der Waals surface area contributed by atoms with E-state index >= 15 is 0 Å². The maximum atomic E-state index is 10.6. The highest BCUT2D eigenvalue weighted by atomic mass is 16.3. The molecule has 7 N–H and O–H groups in total. The zero-order valence-corrected chi connectivity index (χ0v) is 6.80. The highest BCUT2D eigenvalue weighted by Gasteiger charge is 2.37. The average molecular weight is 192 g/mol. The van der Waals surface area contributed by atoms with Crippen LogP contribution in [0.25, 0.3) is 0 Å². The van der Waals surface area contributed by atoms with Crippen molar-refractivity contribution in [3.05, 3.63) is 0 Å². The smallest absolute Gasteiger partial charge is 0.251 e. The molecule has 2 amide bonds. The third-order valence-corrected chi connectivity index (χ3v) is 1.58. The molecule has 7 heteroatoms. The molecule has 0 heterocycles. The highest BCUT2D eigenvalue weighted by molar-refractivity contribution is 5.85. The minimum atomic E-state index is -2.31. The standard InChI is InChI=1S/C6H12N2O5/c7-4(11)3(10)1-6(13,2-9)5(8)12/h3,9-10,13H,1-2H2,(H2,7,11)(H2,8,12). The SMILES string of the molecule is NC(=O)C(O)CC(O)(CO)C(N)=O.